The summed E-state index contributed by atoms with van der Waals surface area (Å²) in [6, 6.07) is 12.3. The zero-order chi connectivity index (χ0) is 33.6. The van der Waals surface area contributed by atoms with Crippen LogP contribution in [0.2, 0.25) is 0 Å². The van der Waals surface area contributed by atoms with E-state index in [2.05, 4.69) is 22.2 Å². The van der Waals surface area contributed by atoms with Gasteiger partial charge in [0, 0.05) is 28.9 Å². The maximum absolute atomic E-state index is 13.7. The van der Waals surface area contributed by atoms with Crippen LogP contribution in [-0.4, -0.2) is 53.0 Å². The van der Waals surface area contributed by atoms with Gasteiger partial charge in [-0.15, -0.1) is 0 Å². The topological polar surface area (TPSA) is 194 Å². The quantitative estimate of drug-likeness (QED) is 0.0844. The number of carbonyl (C=O) groups is 4. The molecule has 0 aliphatic heterocycles. The normalized spacial score (nSPS) is 12.5. The fourth-order valence-corrected chi connectivity index (χ4v) is 4.36. The van der Waals surface area contributed by atoms with E-state index >= 15 is 0 Å². The number of amidine groups is 1. The van der Waals surface area contributed by atoms with Crippen molar-refractivity contribution in [2.75, 3.05) is 18.7 Å². The van der Waals surface area contributed by atoms with Crippen molar-refractivity contribution in [3.63, 3.8) is 0 Å². The summed E-state index contributed by atoms with van der Waals surface area (Å²) in [5, 5.41) is 23.3. The fraction of sp³-hybridized carbons (Fsp3) is 0.294. The van der Waals surface area contributed by atoms with Gasteiger partial charge in [-0.2, -0.15) is 0 Å². The molecule has 1 saturated carbocycles. The molecule has 46 heavy (non-hydrogen) atoms. The van der Waals surface area contributed by atoms with Crippen molar-refractivity contribution in [3.05, 3.63) is 88.8 Å². The van der Waals surface area contributed by atoms with Crippen LogP contribution >= 0.6 is 0 Å². The molecular weight excluding hydrogens is 590 g/mol. The smallest absolute Gasteiger partial charge is 0.360 e. The number of pyridine rings is 1. The minimum atomic E-state index is -1.00. The van der Waals surface area contributed by atoms with E-state index in [0.717, 1.165) is 12.8 Å². The molecule has 240 valence electrons. The number of nitrogens with zero attached hydrogens (tertiary/aromatic N) is 1. The van der Waals surface area contributed by atoms with Gasteiger partial charge in [-0.3, -0.25) is 19.8 Å². The van der Waals surface area contributed by atoms with Crippen LogP contribution in [0.1, 0.15) is 81.6 Å². The van der Waals surface area contributed by atoms with Crippen LogP contribution in [0.3, 0.4) is 0 Å². The van der Waals surface area contributed by atoms with Crippen molar-refractivity contribution in [1.29, 1.82) is 5.41 Å². The van der Waals surface area contributed by atoms with E-state index in [1.807, 2.05) is 0 Å². The summed E-state index contributed by atoms with van der Waals surface area (Å²) in [7, 11) is 0. The first-order valence-electron chi connectivity index (χ1n) is 14.6. The highest BCUT2D eigenvalue weighted by atomic mass is 16.7. The Kier molecular flexibility index (Phi) is 10.3. The number of amides is 2. The SMILES string of the molecule is C=Cc1cc(C(=O)Nc2ccc(C(=N)N)cc2)c(-c2ccc(C(=O)NCC3CC3)nc2C(=O)OCOC(=O)C(C)(C)C)cc1CO. The molecule has 4 rings (SSSR count). The molecule has 1 aliphatic carbocycles. The number of rotatable bonds is 12. The van der Waals surface area contributed by atoms with Gasteiger partial charge in [0.15, 0.2) is 5.69 Å². The minimum Gasteiger partial charge on any atom is -0.427 e. The predicted molar refractivity (Wildman–Crippen MR) is 172 cm³/mol. The number of esters is 2. The first-order valence-corrected chi connectivity index (χ1v) is 14.6. The number of benzene rings is 2. The van der Waals surface area contributed by atoms with Crippen LogP contribution in [0.4, 0.5) is 5.69 Å². The number of nitrogens with one attached hydrogen (secondary N) is 3. The highest BCUT2D eigenvalue weighted by Crippen LogP contribution is 2.32. The number of ether oxygens (including phenoxy) is 2. The molecule has 0 spiro atoms. The number of anilines is 1. The highest BCUT2D eigenvalue weighted by molar-refractivity contribution is 6.11. The number of hydrogen-bond acceptors (Lipinski definition) is 9. The van der Waals surface area contributed by atoms with Crippen molar-refractivity contribution in [1.82, 2.24) is 10.3 Å². The summed E-state index contributed by atoms with van der Waals surface area (Å²) in [4.78, 5) is 56.6. The minimum absolute atomic E-state index is 0.0512. The Morgan fingerprint density at radius 1 is 1.04 bits per heavy atom. The van der Waals surface area contributed by atoms with Crippen LogP contribution in [0.5, 0.6) is 0 Å². The molecule has 2 aromatic carbocycles. The van der Waals surface area contributed by atoms with Crippen LogP contribution in [-0.2, 0) is 20.9 Å². The molecule has 1 aromatic heterocycles. The van der Waals surface area contributed by atoms with Crippen molar-refractivity contribution < 1.29 is 33.8 Å². The molecule has 0 unspecified atom stereocenters. The van der Waals surface area contributed by atoms with Gasteiger partial charge in [-0.1, -0.05) is 12.7 Å². The second kappa shape index (κ2) is 14.2. The number of aromatic nitrogens is 1. The summed E-state index contributed by atoms with van der Waals surface area (Å²) < 4.78 is 10.4. The van der Waals surface area contributed by atoms with Crippen molar-refractivity contribution >= 4 is 41.4 Å². The summed E-state index contributed by atoms with van der Waals surface area (Å²) in [6.45, 7) is 8.11. The molecule has 0 radical (unpaired) electrons. The molecule has 0 atom stereocenters. The first-order chi connectivity index (χ1) is 21.8. The Hall–Kier alpha value is -5.36. The molecule has 6 N–H and O–H groups in total. The van der Waals surface area contributed by atoms with Gasteiger partial charge in [0.25, 0.3) is 11.8 Å². The van der Waals surface area contributed by atoms with E-state index in [0.29, 0.717) is 34.8 Å². The maximum Gasteiger partial charge on any atom is 0.360 e. The second-order valence-corrected chi connectivity index (χ2v) is 11.9. The van der Waals surface area contributed by atoms with Gasteiger partial charge in [-0.25, -0.2) is 9.78 Å². The largest absolute Gasteiger partial charge is 0.427 e. The molecule has 1 fully saturated rings. The third-order valence-corrected chi connectivity index (χ3v) is 7.22. The molecule has 12 nitrogen and oxygen atoms in total. The third kappa shape index (κ3) is 8.21. The molecule has 3 aromatic rings. The number of aliphatic hydroxyl groups is 1. The maximum atomic E-state index is 13.7. The summed E-state index contributed by atoms with van der Waals surface area (Å²) in [5.41, 5.74) is 6.57. The van der Waals surface area contributed by atoms with Crippen molar-refractivity contribution in [3.8, 4) is 11.1 Å². The Balaban J connectivity index is 1.76. The van der Waals surface area contributed by atoms with E-state index in [1.165, 1.54) is 30.3 Å². The monoisotopic (exact) mass is 627 g/mol. The van der Waals surface area contributed by atoms with Gasteiger partial charge in [0.05, 0.1) is 12.0 Å². The lowest BCUT2D eigenvalue weighted by Crippen LogP contribution is -2.27. The molecule has 0 bridgehead atoms. The molecule has 1 aliphatic rings. The van der Waals surface area contributed by atoms with Crippen LogP contribution < -0.4 is 16.4 Å². The number of nitrogen functional groups attached to an aromatic ring is 1. The number of hydrogen-bond donors (Lipinski definition) is 5. The average molecular weight is 628 g/mol. The zero-order valence-electron chi connectivity index (χ0n) is 25.9. The molecule has 1 heterocycles. The first kappa shape index (κ1) is 33.5. The summed E-state index contributed by atoms with van der Waals surface area (Å²) >= 11 is 0. The standard InChI is InChI=1S/C34H37N5O7/c1-5-20-14-26(30(41)38-23-10-8-21(9-11-23)29(35)36)25(15-22(20)17-40)24-12-13-27(31(42)37-16-19-6-7-19)39-28(24)32(43)45-18-46-33(44)34(2,3)4/h5,8-15,19,40H,1,6-7,16-18H2,2-4H3,(H3,35,36)(H,37,42)(H,38,41). The fourth-order valence-electron chi connectivity index (χ4n) is 4.36. The van der Waals surface area contributed by atoms with E-state index in [1.54, 1.807) is 45.0 Å². The summed E-state index contributed by atoms with van der Waals surface area (Å²) in [5.74, 6) is -2.37. The molecule has 12 heteroatoms. The van der Waals surface area contributed by atoms with Crippen LogP contribution in [0.25, 0.3) is 17.2 Å². The van der Waals surface area contributed by atoms with E-state index in [-0.39, 0.29) is 33.9 Å². The van der Waals surface area contributed by atoms with Crippen LogP contribution in [0.15, 0.2) is 55.1 Å². The van der Waals surface area contributed by atoms with E-state index in [9.17, 15) is 24.3 Å². The number of carbonyl (C=O) groups excluding carboxylic acids is 4. The molecule has 2 amide bonds. The van der Waals surface area contributed by atoms with Gasteiger partial charge in [0.1, 0.15) is 11.5 Å². The highest BCUT2D eigenvalue weighted by Gasteiger charge is 2.27. The molecule has 0 saturated heterocycles. The van der Waals surface area contributed by atoms with Gasteiger partial charge in [0.2, 0.25) is 6.79 Å². The third-order valence-electron chi connectivity index (χ3n) is 7.22. The number of aliphatic hydroxyl groups excluding tert-OH is 1. The van der Waals surface area contributed by atoms with Crippen molar-refractivity contribution in [2.45, 2.75) is 40.2 Å². The molecular formula is C34H37N5O7. The van der Waals surface area contributed by atoms with E-state index < -0.39 is 42.6 Å². The lowest BCUT2D eigenvalue weighted by atomic mass is 9.92. The number of nitrogens with two attached hydrogens (primary N) is 1. The Bertz CT molecular complexity index is 1690. The van der Waals surface area contributed by atoms with Gasteiger partial charge in [-0.05, 0) is 105 Å². The summed E-state index contributed by atoms with van der Waals surface area (Å²) in [6.07, 6.45) is 3.53. The second-order valence-electron chi connectivity index (χ2n) is 11.9. The lowest BCUT2D eigenvalue weighted by Gasteiger charge is -2.18. The van der Waals surface area contributed by atoms with Crippen LogP contribution in [0, 0.1) is 16.7 Å². The predicted octanol–water partition coefficient (Wildman–Crippen LogP) is 4.26. The Morgan fingerprint density at radius 3 is 2.33 bits per heavy atom. The van der Waals surface area contributed by atoms with E-state index in [4.69, 9.17) is 20.6 Å². The van der Waals surface area contributed by atoms with Gasteiger partial charge < -0.3 is 30.9 Å². The zero-order valence-corrected chi connectivity index (χ0v) is 25.9. The average Bonchev–Trinajstić information content (AvgIpc) is 3.87. The van der Waals surface area contributed by atoms with Crippen molar-refractivity contribution in [2.24, 2.45) is 17.1 Å². The Labute approximate surface area is 266 Å². The lowest BCUT2D eigenvalue weighted by molar-refractivity contribution is -0.161. The Morgan fingerprint density at radius 2 is 1.74 bits per heavy atom. The van der Waals surface area contributed by atoms with Gasteiger partial charge >= 0.3 is 11.9 Å².